The minimum Gasteiger partial charge on any atom is -0.494 e. The van der Waals surface area contributed by atoms with E-state index in [-0.39, 0.29) is 19.1 Å². The molecule has 1 heterocycles. The van der Waals surface area contributed by atoms with Gasteiger partial charge >= 0.3 is 7.60 Å². The van der Waals surface area contributed by atoms with Crippen LogP contribution in [0.15, 0.2) is 77.8 Å². The highest BCUT2D eigenvalue weighted by molar-refractivity contribution is 7.92. The standard InChI is InChI=1S/C30H37N4O6PS/c1-6-39-41(36,40-7-2)25-17-18-27-26(21-25)28(30(35)32-27)29(22-11-9-8-10-12-22)31-23-13-15-24(16-14-23)34(42(5,37)38)20-19-33(3)4/h8-18,21,32,35H,6-7,19-20H2,1-5H3. The highest BCUT2D eigenvalue weighted by atomic mass is 32.2. The first-order valence-electron chi connectivity index (χ1n) is 13.6. The summed E-state index contributed by atoms with van der Waals surface area (Å²) >= 11 is 0. The maximum absolute atomic E-state index is 13.6. The molecule has 0 amide bonds. The highest BCUT2D eigenvalue weighted by Crippen LogP contribution is 2.47. The van der Waals surface area contributed by atoms with E-state index in [9.17, 15) is 18.1 Å². The molecule has 3 aromatic carbocycles. The molecule has 0 atom stereocenters. The lowest BCUT2D eigenvalue weighted by Gasteiger charge is -2.24. The lowest BCUT2D eigenvalue weighted by molar-refractivity contribution is 0.230. The molecule has 0 radical (unpaired) electrons. The highest BCUT2D eigenvalue weighted by Gasteiger charge is 2.29. The molecule has 42 heavy (non-hydrogen) atoms. The summed E-state index contributed by atoms with van der Waals surface area (Å²) in [7, 11) is -3.31. The van der Waals surface area contributed by atoms with Gasteiger partial charge in [0.05, 0.1) is 47.4 Å². The van der Waals surface area contributed by atoms with E-state index in [1.807, 2.05) is 49.3 Å². The average Bonchev–Trinajstić information content (AvgIpc) is 3.27. The first kappa shape index (κ1) is 31.5. The average molecular weight is 613 g/mol. The number of hydrogen-bond acceptors (Lipinski definition) is 8. The van der Waals surface area contributed by atoms with E-state index in [4.69, 9.17) is 14.0 Å². The second kappa shape index (κ2) is 13.2. The van der Waals surface area contributed by atoms with Crippen molar-refractivity contribution in [3.63, 3.8) is 0 Å². The van der Waals surface area contributed by atoms with Crippen molar-refractivity contribution in [2.24, 2.45) is 4.99 Å². The zero-order valence-corrected chi connectivity index (χ0v) is 26.2. The number of aromatic hydroxyl groups is 1. The van der Waals surface area contributed by atoms with Crippen molar-refractivity contribution in [2.45, 2.75) is 13.8 Å². The number of aromatic amines is 1. The number of likely N-dealkylation sites (N-methyl/N-ethyl adjacent to an activating group) is 1. The van der Waals surface area contributed by atoms with E-state index in [1.165, 1.54) is 10.6 Å². The van der Waals surface area contributed by atoms with E-state index < -0.39 is 17.6 Å². The molecule has 0 spiro atoms. The van der Waals surface area contributed by atoms with Crippen molar-refractivity contribution in [1.29, 1.82) is 0 Å². The molecule has 0 unspecified atom stereocenters. The van der Waals surface area contributed by atoms with Crippen molar-refractivity contribution in [2.75, 3.05) is 51.0 Å². The van der Waals surface area contributed by atoms with Gasteiger partial charge in [0.15, 0.2) is 5.88 Å². The van der Waals surface area contributed by atoms with Gasteiger partial charge in [0.25, 0.3) is 0 Å². The number of anilines is 1. The Morgan fingerprint density at radius 1 is 0.952 bits per heavy atom. The Kier molecular flexibility index (Phi) is 9.91. The summed E-state index contributed by atoms with van der Waals surface area (Å²) in [5.74, 6) is -0.101. The molecule has 10 nitrogen and oxygen atoms in total. The van der Waals surface area contributed by atoms with E-state index in [2.05, 4.69) is 4.98 Å². The SMILES string of the molecule is CCOP(=O)(OCC)c1ccc2[nH]c(O)c(C(=Nc3ccc(N(CCN(C)C)S(C)(=O)=O)cc3)c3ccccc3)c2c1. The fraction of sp³-hybridized carbons (Fsp3) is 0.300. The Morgan fingerprint density at radius 3 is 2.17 bits per heavy atom. The summed E-state index contributed by atoms with van der Waals surface area (Å²) in [5, 5.41) is 12.1. The summed E-state index contributed by atoms with van der Waals surface area (Å²) < 4.78 is 51.0. The van der Waals surface area contributed by atoms with Gasteiger partial charge in [-0.25, -0.2) is 13.4 Å². The van der Waals surface area contributed by atoms with Gasteiger partial charge in [0, 0.05) is 29.6 Å². The number of nitrogens with one attached hydrogen (secondary N) is 1. The van der Waals surface area contributed by atoms with E-state index in [1.54, 1.807) is 56.3 Å². The molecule has 2 N–H and O–H groups in total. The third-order valence-electron chi connectivity index (χ3n) is 6.49. The predicted molar refractivity (Wildman–Crippen MR) is 169 cm³/mol. The Balaban J connectivity index is 1.85. The monoisotopic (exact) mass is 612 g/mol. The first-order chi connectivity index (χ1) is 20.0. The summed E-state index contributed by atoms with van der Waals surface area (Å²) in [5.41, 5.74) is 3.34. The molecule has 4 aromatic rings. The number of rotatable bonds is 13. The number of nitrogens with zero attached hydrogens (tertiary/aromatic N) is 3. The Morgan fingerprint density at radius 2 is 1.60 bits per heavy atom. The Labute approximate surface area is 247 Å². The number of hydrogen-bond donors (Lipinski definition) is 2. The van der Waals surface area contributed by atoms with Crippen LogP contribution < -0.4 is 9.61 Å². The molecule has 12 heteroatoms. The van der Waals surface area contributed by atoms with Gasteiger partial charge < -0.3 is 24.0 Å². The second-order valence-electron chi connectivity index (χ2n) is 9.89. The number of aromatic nitrogens is 1. The molecular formula is C30H37N4O6PS. The third kappa shape index (κ3) is 7.11. The van der Waals surface area contributed by atoms with Crippen molar-refractivity contribution >= 4 is 50.9 Å². The first-order valence-corrected chi connectivity index (χ1v) is 17.0. The maximum Gasteiger partial charge on any atom is 0.361 e. The number of benzene rings is 3. The van der Waals surface area contributed by atoms with Crippen molar-refractivity contribution in [1.82, 2.24) is 9.88 Å². The largest absolute Gasteiger partial charge is 0.494 e. The van der Waals surface area contributed by atoms with Crippen molar-refractivity contribution < 1.29 is 27.1 Å². The van der Waals surface area contributed by atoms with Crippen molar-refractivity contribution in [3.8, 4) is 5.88 Å². The van der Waals surface area contributed by atoms with Gasteiger partial charge in [-0.1, -0.05) is 30.3 Å². The van der Waals surface area contributed by atoms with Crippen LogP contribution in [0.3, 0.4) is 0 Å². The number of aliphatic imine (C=N–C) groups is 1. The smallest absolute Gasteiger partial charge is 0.361 e. The minimum atomic E-state index is -3.59. The van der Waals surface area contributed by atoms with Gasteiger partial charge in [0.2, 0.25) is 10.0 Å². The topological polar surface area (TPSA) is 125 Å². The molecule has 0 fully saturated rings. The molecule has 0 saturated heterocycles. The summed E-state index contributed by atoms with van der Waals surface area (Å²) in [6.07, 6.45) is 1.19. The molecular weight excluding hydrogens is 575 g/mol. The quantitative estimate of drug-likeness (QED) is 0.156. The molecule has 4 rings (SSSR count). The molecule has 1 aromatic heterocycles. The van der Waals surface area contributed by atoms with E-state index in [0.717, 1.165) is 5.56 Å². The van der Waals surface area contributed by atoms with Gasteiger partial charge in [-0.3, -0.25) is 8.87 Å². The lowest BCUT2D eigenvalue weighted by atomic mass is 10.0. The zero-order chi connectivity index (χ0) is 30.5. The fourth-order valence-corrected chi connectivity index (χ4v) is 7.08. The molecule has 0 aliphatic carbocycles. The number of H-pyrrole nitrogens is 1. The summed E-state index contributed by atoms with van der Waals surface area (Å²) in [4.78, 5) is 9.83. The van der Waals surface area contributed by atoms with Gasteiger partial charge in [-0.05, 0) is 70.4 Å². The van der Waals surface area contributed by atoms with Crippen LogP contribution in [0.2, 0.25) is 0 Å². The molecule has 0 bridgehead atoms. The van der Waals surface area contributed by atoms with Gasteiger partial charge in [-0.15, -0.1) is 0 Å². The number of fused-ring (bicyclic) bond motifs is 1. The van der Waals surface area contributed by atoms with Crippen molar-refractivity contribution in [3.05, 3.63) is 83.9 Å². The predicted octanol–water partition coefficient (Wildman–Crippen LogP) is 5.26. The fourth-order valence-electron chi connectivity index (χ4n) is 4.56. The van der Waals surface area contributed by atoms with Crippen LogP contribution in [-0.4, -0.2) is 75.8 Å². The number of sulfonamides is 1. The summed E-state index contributed by atoms with van der Waals surface area (Å²) in [6.45, 7) is 4.79. The van der Waals surface area contributed by atoms with Crippen LogP contribution in [0.4, 0.5) is 11.4 Å². The summed E-state index contributed by atoms with van der Waals surface area (Å²) in [6, 6.07) is 21.4. The van der Waals surface area contributed by atoms with E-state index >= 15 is 0 Å². The van der Waals surface area contributed by atoms with Gasteiger partial charge in [0.1, 0.15) is 0 Å². The molecule has 224 valence electrons. The van der Waals surface area contributed by atoms with Crippen LogP contribution in [0, 0.1) is 0 Å². The Bertz CT molecular complexity index is 1690. The van der Waals surface area contributed by atoms with Crippen LogP contribution in [-0.2, 0) is 23.6 Å². The van der Waals surface area contributed by atoms with Crippen LogP contribution in [0.1, 0.15) is 25.0 Å². The minimum absolute atomic E-state index is 0.101. The van der Waals surface area contributed by atoms with Crippen LogP contribution in [0.25, 0.3) is 10.9 Å². The maximum atomic E-state index is 13.6. The lowest BCUT2D eigenvalue weighted by Crippen LogP contribution is -2.35. The molecule has 0 aliphatic heterocycles. The van der Waals surface area contributed by atoms with Gasteiger partial charge in [-0.2, -0.15) is 0 Å². The Hall–Kier alpha value is -3.47. The van der Waals surface area contributed by atoms with Crippen LogP contribution in [0.5, 0.6) is 5.88 Å². The molecule has 0 saturated carbocycles. The second-order valence-corrected chi connectivity index (χ2v) is 13.8. The molecule has 0 aliphatic rings. The zero-order valence-electron chi connectivity index (χ0n) is 24.4. The third-order valence-corrected chi connectivity index (χ3v) is 9.79. The van der Waals surface area contributed by atoms with E-state index in [0.29, 0.717) is 51.9 Å². The van der Waals surface area contributed by atoms with Crippen LogP contribution >= 0.6 is 7.60 Å². The normalized spacial score (nSPS) is 12.8.